The van der Waals surface area contributed by atoms with Crippen LogP contribution in [-0.4, -0.2) is 27.1 Å². The number of hydrogen-bond donors (Lipinski definition) is 2. The maximum Gasteiger partial charge on any atom is 0.416 e. The minimum Gasteiger partial charge on any atom is -0.339 e. The molecule has 5 rings (SSSR count). The predicted octanol–water partition coefficient (Wildman–Crippen LogP) is 6.68. The number of aromatic nitrogens is 3. The highest BCUT2D eigenvalue weighted by Gasteiger charge is 2.30. The highest BCUT2D eigenvalue weighted by atomic mass is 19.4. The summed E-state index contributed by atoms with van der Waals surface area (Å²) in [7, 11) is 0. The fourth-order valence-corrected chi connectivity index (χ4v) is 4.08. The Balaban J connectivity index is 1.47. The Labute approximate surface area is 209 Å². The zero-order valence-electron chi connectivity index (χ0n) is 19.4. The number of aromatic amines is 1. The average molecular weight is 500 g/mol. The Morgan fingerprint density at radius 1 is 0.973 bits per heavy atom. The molecule has 0 fully saturated rings. The number of nitrogens with zero attached hydrogens (tertiary/aromatic N) is 2. The molecule has 0 aliphatic carbocycles. The molecule has 0 aliphatic heterocycles. The van der Waals surface area contributed by atoms with E-state index in [-0.39, 0.29) is 5.56 Å². The quantitative estimate of drug-likeness (QED) is 0.264. The summed E-state index contributed by atoms with van der Waals surface area (Å²) in [6.45, 7) is 1.83. The van der Waals surface area contributed by atoms with Crippen molar-refractivity contribution in [3.63, 3.8) is 0 Å². The van der Waals surface area contributed by atoms with Crippen LogP contribution in [0.1, 0.15) is 31.8 Å². The molecule has 2 N–H and O–H groups in total. The van der Waals surface area contributed by atoms with Crippen LogP contribution in [0, 0.1) is 6.92 Å². The summed E-state index contributed by atoms with van der Waals surface area (Å²) >= 11 is 0. The topological polar surface area (TPSA) is 87.7 Å². The summed E-state index contributed by atoms with van der Waals surface area (Å²) in [5.41, 5.74) is 4.83. The van der Waals surface area contributed by atoms with Crippen LogP contribution in [-0.2, 0) is 6.18 Å². The van der Waals surface area contributed by atoms with Crippen molar-refractivity contribution in [2.75, 3.05) is 5.32 Å². The highest BCUT2D eigenvalue weighted by molar-refractivity contribution is 6.05. The Hall–Kier alpha value is -4.79. The molecule has 0 radical (unpaired) electrons. The maximum atomic E-state index is 12.8. The number of halogens is 3. The van der Waals surface area contributed by atoms with Gasteiger partial charge in [0.1, 0.15) is 18.3 Å². The lowest BCUT2D eigenvalue weighted by Crippen LogP contribution is -2.14. The number of H-pyrrole nitrogens is 1. The molecule has 2 heterocycles. The van der Waals surface area contributed by atoms with Gasteiger partial charge in [-0.15, -0.1) is 0 Å². The van der Waals surface area contributed by atoms with Crippen LogP contribution in [0.25, 0.3) is 33.5 Å². The minimum absolute atomic E-state index is 0.109. The number of nitrogens with one attached hydrogen (secondary N) is 2. The third-order valence-corrected chi connectivity index (χ3v) is 6.09. The summed E-state index contributed by atoms with van der Waals surface area (Å²) in [5, 5.41) is 3.55. The third kappa shape index (κ3) is 4.71. The van der Waals surface area contributed by atoms with Crippen molar-refractivity contribution in [3.8, 4) is 22.5 Å². The van der Waals surface area contributed by atoms with Crippen LogP contribution in [0.5, 0.6) is 0 Å². The van der Waals surface area contributed by atoms with Gasteiger partial charge in [0.25, 0.3) is 5.91 Å². The second-order valence-corrected chi connectivity index (χ2v) is 8.41. The van der Waals surface area contributed by atoms with E-state index in [0.717, 1.165) is 58.3 Å². The molecule has 0 saturated heterocycles. The number of anilines is 1. The van der Waals surface area contributed by atoms with Crippen molar-refractivity contribution in [1.82, 2.24) is 15.0 Å². The van der Waals surface area contributed by atoms with Crippen molar-refractivity contribution in [3.05, 3.63) is 101 Å². The molecule has 0 saturated carbocycles. The van der Waals surface area contributed by atoms with Crippen molar-refractivity contribution in [2.45, 2.75) is 13.1 Å². The fraction of sp³-hybridized carbons (Fsp3) is 0.0714. The molecular weight excluding hydrogens is 481 g/mol. The molecule has 3 aromatic carbocycles. The first kappa shape index (κ1) is 23.9. The van der Waals surface area contributed by atoms with Crippen molar-refractivity contribution in [1.29, 1.82) is 0 Å². The predicted molar refractivity (Wildman–Crippen MR) is 134 cm³/mol. The summed E-state index contributed by atoms with van der Waals surface area (Å²) in [6.07, 6.45) is -2.25. The lowest BCUT2D eigenvalue weighted by atomic mass is 10.0. The van der Waals surface area contributed by atoms with Crippen LogP contribution in [0.15, 0.2) is 79.1 Å². The van der Waals surface area contributed by atoms with E-state index in [1.165, 1.54) is 6.33 Å². The van der Waals surface area contributed by atoms with Crippen LogP contribution in [0.4, 0.5) is 18.9 Å². The molecule has 5 aromatic rings. The Kier molecular flexibility index (Phi) is 6.04. The van der Waals surface area contributed by atoms with Gasteiger partial charge >= 0.3 is 6.18 Å². The number of hydrogen-bond acceptors (Lipinski definition) is 4. The van der Waals surface area contributed by atoms with Crippen LogP contribution >= 0.6 is 0 Å². The number of benzene rings is 3. The number of carbonyl (C=O) groups is 2. The van der Waals surface area contributed by atoms with E-state index < -0.39 is 17.6 Å². The molecule has 37 heavy (non-hydrogen) atoms. The summed E-state index contributed by atoms with van der Waals surface area (Å²) < 4.78 is 38.5. The van der Waals surface area contributed by atoms with E-state index in [4.69, 9.17) is 0 Å². The van der Waals surface area contributed by atoms with Gasteiger partial charge in [0.15, 0.2) is 0 Å². The first-order valence-corrected chi connectivity index (χ1v) is 11.2. The van der Waals surface area contributed by atoms with Gasteiger partial charge in [0.05, 0.1) is 11.3 Å². The third-order valence-electron chi connectivity index (χ3n) is 6.09. The van der Waals surface area contributed by atoms with Gasteiger partial charge in [-0.2, -0.15) is 13.2 Å². The first-order valence-electron chi connectivity index (χ1n) is 11.2. The number of rotatable bonds is 5. The SMILES string of the molecule is Cc1c(NC(=O)c2ccc(C(F)(F)F)cc2)cccc1-c1ncnc2[nH]c(-c3ccc(C=O)cc3)cc12. The summed E-state index contributed by atoms with van der Waals surface area (Å²) in [4.78, 5) is 35.8. The standard InChI is InChI=1S/C28H19F3N4O2/c1-16-21(3-2-4-23(16)35-27(37)19-9-11-20(12-10-19)28(29,30)31)25-22-13-24(34-26(22)33-15-32-25)18-7-5-17(14-36)6-8-18/h2-15H,1H3,(H,35,37)(H,32,33,34). The van der Waals surface area contributed by atoms with Crippen LogP contribution < -0.4 is 5.32 Å². The molecule has 0 spiro atoms. The molecule has 1 amide bonds. The molecule has 184 valence electrons. The smallest absolute Gasteiger partial charge is 0.339 e. The monoisotopic (exact) mass is 500 g/mol. The van der Waals surface area contributed by atoms with Crippen molar-refractivity contribution >= 4 is 28.9 Å². The van der Waals surface area contributed by atoms with Gasteiger partial charge in [0.2, 0.25) is 0 Å². The second kappa shape index (κ2) is 9.34. The Morgan fingerprint density at radius 3 is 2.38 bits per heavy atom. The van der Waals surface area contributed by atoms with Crippen LogP contribution in [0.3, 0.4) is 0 Å². The second-order valence-electron chi connectivity index (χ2n) is 8.41. The van der Waals surface area contributed by atoms with Gasteiger partial charge in [0, 0.05) is 33.5 Å². The molecule has 9 heteroatoms. The molecule has 0 atom stereocenters. The largest absolute Gasteiger partial charge is 0.416 e. The normalized spacial score (nSPS) is 11.5. The van der Waals surface area contributed by atoms with E-state index in [2.05, 4.69) is 20.3 Å². The number of amides is 1. The summed E-state index contributed by atoms with van der Waals surface area (Å²) in [5.74, 6) is -0.524. The fourth-order valence-electron chi connectivity index (χ4n) is 4.08. The van der Waals surface area contributed by atoms with Gasteiger partial charge in [-0.1, -0.05) is 36.4 Å². The van der Waals surface area contributed by atoms with Gasteiger partial charge < -0.3 is 10.3 Å². The van der Waals surface area contributed by atoms with Gasteiger partial charge in [-0.3, -0.25) is 9.59 Å². The average Bonchev–Trinajstić information content (AvgIpc) is 3.34. The lowest BCUT2D eigenvalue weighted by molar-refractivity contribution is -0.137. The minimum atomic E-state index is -4.47. The summed E-state index contributed by atoms with van der Waals surface area (Å²) in [6, 6.07) is 18.5. The Morgan fingerprint density at radius 2 is 1.70 bits per heavy atom. The molecule has 0 unspecified atom stereocenters. The number of alkyl halides is 3. The first-order chi connectivity index (χ1) is 17.7. The molecule has 0 aliphatic rings. The Bertz CT molecular complexity index is 1620. The highest BCUT2D eigenvalue weighted by Crippen LogP contribution is 2.34. The van der Waals surface area contributed by atoms with Gasteiger partial charge in [-0.05, 0) is 54.4 Å². The molecule has 0 bridgehead atoms. The van der Waals surface area contributed by atoms with E-state index in [0.29, 0.717) is 22.6 Å². The van der Waals surface area contributed by atoms with Crippen molar-refractivity contribution < 1.29 is 22.8 Å². The lowest BCUT2D eigenvalue weighted by Gasteiger charge is -2.13. The van der Waals surface area contributed by atoms with Gasteiger partial charge in [-0.25, -0.2) is 9.97 Å². The zero-order chi connectivity index (χ0) is 26.2. The zero-order valence-corrected chi connectivity index (χ0v) is 19.4. The molecule has 2 aromatic heterocycles. The van der Waals surface area contributed by atoms with E-state index in [1.807, 2.05) is 31.2 Å². The number of carbonyl (C=O) groups excluding carboxylic acids is 2. The van der Waals surface area contributed by atoms with E-state index in [1.54, 1.807) is 24.3 Å². The number of aldehydes is 1. The van der Waals surface area contributed by atoms with E-state index >= 15 is 0 Å². The van der Waals surface area contributed by atoms with Crippen molar-refractivity contribution in [2.24, 2.45) is 0 Å². The number of fused-ring (bicyclic) bond motifs is 1. The molecular formula is C28H19F3N4O2. The van der Waals surface area contributed by atoms with E-state index in [9.17, 15) is 22.8 Å². The maximum absolute atomic E-state index is 12.8. The molecule has 6 nitrogen and oxygen atoms in total. The van der Waals surface area contributed by atoms with Crippen LogP contribution in [0.2, 0.25) is 0 Å².